The third kappa shape index (κ3) is 4.45. The van der Waals surface area contributed by atoms with Crippen LogP contribution in [0, 0.1) is 5.92 Å². The fourth-order valence-electron chi connectivity index (χ4n) is 3.23. The van der Waals surface area contributed by atoms with Crippen LogP contribution < -0.4 is 0 Å². The predicted molar refractivity (Wildman–Crippen MR) is 81.3 cm³/mol. The van der Waals surface area contributed by atoms with Gasteiger partial charge in [-0.2, -0.15) is 0 Å². The predicted octanol–water partition coefficient (Wildman–Crippen LogP) is 5.37. The smallest absolute Gasteiger partial charge is 0.0827 e. The van der Waals surface area contributed by atoms with E-state index in [0.717, 1.165) is 18.8 Å². The van der Waals surface area contributed by atoms with Crippen molar-refractivity contribution in [3.05, 3.63) is 47.8 Å². The lowest BCUT2D eigenvalue weighted by Crippen LogP contribution is -2.13. The van der Waals surface area contributed by atoms with Crippen LogP contribution in [0.1, 0.15) is 55.6 Å². The summed E-state index contributed by atoms with van der Waals surface area (Å²) in [6.45, 7) is 0.690. The van der Waals surface area contributed by atoms with Gasteiger partial charge in [0.15, 0.2) is 0 Å². The summed E-state index contributed by atoms with van der Waals surface area (Å²) in [6, 6.07) is 8.87. The highest BCUT2D eigenvalue weighted by Gasteiger charge is 2.21. The van der Waals surface area contributed by atoms with Gasteiger partial charge in [0.05, 0.1) is 12.9 Å². The van der Waals surface area contributed by atoms with Crippen LogP contribution in [-0.2, 0) is 11.3 Å². The quantitative estimate of drug-likeness (QED) is 0.678. The highest BCUT2D eigenvalue weighted by atomic mass is 19.1. The van der Waals surface area contributed by atoms with E-state index in [4.69, 9.17) is 4.74 Å². The van der Waals surface area contributed by atoms with Gasteiger partial charge in [0.25, 0.3) is 0 Å². The SMILES string of the molecule is COCc1ccc([C@H]2CC[C@H](CC/C=C/F)CC2)cc1. The Balaban J connectivity index is 1.80. The Kier molecular flexibility index (Phi) is 6.25. The number of hydrogen-bond acceptors (Lipinski definition) is 1. The Morgan fingerprint density at radius 3 is 2.45 bits per heavy atom. The molecule has 1 aliphatic carbocycles. The van der Waals surface area contributed by atoms with E-state index in [1.54, 1.807) is 13.2 Å². The van der Waals surface area contributed by atoms with Gasteiger partial charge in [-0.05, 0) is 61.5 Å². The topological polar surface area (TPSA) is 9.23 Å². The van der Waals surface area contributed by atoms with E-state index in [-0.39, 0.29) is 0 Å². The molecule has 0 radical (unpaired) electrons. The highest BCUT2D eigenvalue weighted by molar-refractivity contribution is 5.25. The molecule has 110 valence electrons. The van der Waals surface area contributed by atoms with Crippen LogP contribution in [0.15, 0.2) is 36.7 Å². The number of methoxy groups -OCH3 is 1. The van der Waals surface area contributed by atoms with Crippen molar-refractivity contribution in [3.8, 4) is 0 Å². The molecule has 1 aliphatic rings. The molecule has 20 heavy (non-hydrogen) atoms. The molecule has 1 fully saturated rings. The molecular formula is C18H25FO. The maximum Gasteiger partial charge on any atom is 0.0827 e. The van der Waals surface area contributed by atoms with Crippen molar-refractivity contribution >= 4 is 0 Å². The average molecular weight is 276 g/mol. The van der Waals surface area contributed by atoms with E-state index in [9.17, 15) is 4.39 Å². The van der Waals surface area contributed by atoms with Crippen molar-refractivity contribution < 1.29 is 9.13 Å². The van der Waals surface area contributed by atoms with Crippen LogP contribution in [0.25, 0.3) is 0 Å². The summed E-state index contributed by atoms with van der Waals surface area (Å²) in [5.74, 6) is 1.50. The molecule has 0 spiro atoms. The summed E-state index contributed by atoms with van der Waals surface area (Å²) < 4.78 is 17.1. The maximum atomic E-state index is 11.9. The molecule has 0 amide bonds. The first-order valence-electron chi connectivity index (χ1n) is 7.66. The first-order chi connectivity index (χ1) is 9.83. The van der Waals surface area contributed by atoms with E-state index in [2.05, 4.69) is 24.3 Å². The average Bonchev–Trinajstić information content (AvgIpc) is 2.49. The number of benzene rings is 1. The summed E-state index contributed by atoms with van der Waals surface area (Å²) in [5.41, 5.74) is 2.70. The van der Waals surface area contributed by atoms with Crippen LogP contribution in [0.5, 0.6) is 0 Å². The molecule has 1 nitrogen and oxygen atoms in total. The van der Waals surface area contributed by atoms with E-state index >= 15 is 0 Å². The highest BCUT2D eigenvalue weighted by Crippen LogP contribution is 2.37. The summed E-state index contributed by atoms with van der Waals surface area (Å²) >= 11 is 0. The normalized spacial score (nSPS) is 23.3. The summed E-state index contributed by atoms with van der Waals surface area (Å²) in [7, 11) is 1.73. The maximum absolute atomic E-state index is 11.9. The molecule has 0 heterocycles. The number of rotatable bonds is 6. The Bertz CT molecular complexity index is 402. The minimum absolute atomic E-state index is 0.674. The first-order valence-corrected chi connectivity index (χ1v) is 7.66. The number of ether oxygens (including phenoxy) is 1. The second kappa shape index (κ2) is 8.21. The van der Waals surface area contributed by atoms with Crippen molar-refractivity contribution in [3.63, 3.8) is 0 Å². The van der Waals surface area contributed by atoms with Crippen LogP contribution >= 0.6 is 0 Å². The molecule has 0 bridgehead atoms. The lowest BCUT2D eigenvalue weighted by molar-refractivity contribution is 0.185. The van der Waals surface area contributed by atoms with Crippen LogP contribution in [0.2, 0.25) is 0 Å². The van der Waals surface area contributed by atoms with Crippen molar-refractivity contribution in [1.29, 1.82) is 0 Å². The molecule has 1 saturated carbocycles. The van der Waals surface area contributed by atoms with Gasteiger partial charge in [0.2, 0.25) is 0 Å². The molecule has 0 aromatic heterocycles. The minimum atomic E-state index is 0.674. The molecule has 0 unspecified atom stereocenters. The Morgan fingerprint density at radius 1 is 1.15 bits per heavy atom. The van der Waals surface area contributed by atoms with Gasteiger partial charge in [0, 0.05) is 7.11 Å². The van der Waals surface area contributed by atoms with Crippen LogP contribution in [0.3, 0.4) is 0 Å². The van der Waals surface area contributed by atoms with Gasteiger partial charge in [-0.25, -0.2) is 4.39 Å². The zero-order chi connectivity index (χ0) is 14.2. The number of allylic oxidation sites excluding steroid dienone is 1. The fraction of sp³-hybridized carbons (Fsp3) is 0.556. The van der Waals surface area contributed by atoms with E-state index in [1.807, 2.05) is 0 Å². The molecule has 0 saturated heterocycles. The first kappa shape index (κ1) is 15.2. The molecule has 0 atom stereocenters. The Hall–Kier alpha value is -1.15. The third-order valence-corrected chi connectivity index (χ3v) is 4.44. The number of halogens is 1. The van der Waals surface area contributed by atoms with Crippen molar-refractivity contribution in [2.45, 2.75) is 51.0 Å². The molecule has 1 aromatic rings. The largest absolute Gasteiger partial charge is 0.380 e. The third-order valence-electron chi connectivity index (χ3n) is 4.44. The van der Waals surface area contributed by atoms with Crippen LogP contribution in [0.4, 0.5) is 4.39 Å². The van der Waals surface area contributed by atoms with Gasteiger partial charge < -0.3 is 4.74 Å². The lowest BCUT2D eigenvalue weighted by Gasteiger charge is -2.28. The van der Waals surface area contributed by atoms with Gasteiger partial charge in [-0.15, -0.1) is 0 Å². The summed E-state index contributed by atoms with van der Waals surface area (Å²) in [4.78, 5) is 0. The fourth-order valence-corrected chi connectivity index (χ4v) is 3.23. The lowest BCUT2D eigenvalue weighted by atomic mass is 9.77. The zero-order valence-corrected chi connectivity index (χ0v) is 12.4. The van der Waals surface area contributed by atoms with E-state index in [0.29, 0.717) is 18.9 Å². The van der Waals surface area contributed by atoms with Crippen molar-refractivity contribution in [1.82, 2.24) is 0 Å². The van der Waals surface area contributed by atoms with Crippen LogP contribution in [-0.4, -0.2) is 7.11 Å². The summed E-state index contributed by atoms with van der Waals surface area (Å²) in [6.07, 6.45) is 9.45. The molecule has 0 N–H and O–H groups in total. The molecule has 2 rings (SSSR count). The molecule has 0 aliphatic heterocycles. The summed E-state index contributed by atoms with van der Waals surface area (Å²) in [5, 5.41) is 0. The van der Waals surface area contributed by atoms with Crippen molar-refractivity contribution in [2.75, 3.05) is 7.11 Å². The van der Waals surface area contributed by atoms with Gasteiger partial charge >= 0.3 is 0 Å². The van der Waals surface area contributed by atoms with Gasteiger partial charge in [-0.3, -0.25) is 0 Å². The van der Waals surface area contributed by atoms with E-state index < -0.39 is 0 Å². The van der Waals surface area contributed by atoms with Crippen molar-refractivity contribution in [2.24, 2.45) is 5.92 Å². The minimum Gasteiger partial charge on any atom is -0.380 e. The molecular weight excluding hydrogens is 251 g/mol. The second-order valence-electron chi connectivity index (χ2n) is 5.83. The molecule has 2 heteroatoms. The zero-order valence-electron chi connectivity index (χ0n) is 12.4. The standard InChI is InChI=1S/C18H25FO/c1-20-14-16-7-11-18(12-8-16)17-9-5-15(6-10-17)4-2-3-13-19/h3,7-8,11-13,15,17H,2,4-6,9-10,14H2,1H3/b13-3+/t15-,17-. The number of hydrogen-bond donors (Lipinski definition) is 0. The van der Waals surface area contributed by atoms with Gasteiger partial charge in [-0.1, -0.05) is 30.3 Å². The Morgan fingerprint density at radius 2 is 1.85 bits per heavy atom. The second-order valence-corrected chi connectivity index (χ2v) is 5.83. The van der Waals surface area contributed by atoms with Gasteiger partial charge in [0.1, 0.15) is 0 Å². The Labute approximate surface area is 121 Å². The molecule has 1 aromatic carbocycles. The monoisotopic (exact) mass is 276 g/mol. The van der Waals surface area contributed by atoms with E-state index in [1.165, 1.54) is 36.8 Å².